The molecule has 0 saturated carbocycles. The van der Waals surface area contributed by atoms with Gasteiger partial charge in [0, 0.05) is 18.0 Å². The molecular formula is C16H13ClN4O2. The Morgan fingerprint density at radius 1 is 1.26 bits per heavy atom. The van der Waals surface area contributed by atoms with Crippen LogP contribution in [0.3, 0.4) is 0 Å². The van der Waals surface area contributed by atoms with Crippen LogP contribution in [0.25, 0.3) is 11.4 Å². The number of nitrogens with zero attached hydrogens (tertiary/aromatic N) is 3. The maximum absolute atomic E-state index is 12.1. The van der Waals surface area contributed by atoms with Gasteiger partial charge in [-0.1, -0.05) is 28.9 Å². The van der Waals surface area contributed by atoms with Crippen LogP contribution in [-0.4, -0.2) is 21.0 Å². The van der Waals surface area contributed by atoms with Gasteiger partial charge in [-0.15, -0.1) is 0 Å². The number of halogens is 1. The van der Waals surface area contributed by atoms with Crippen LogP contribution in [0, 0.1) is 0 Å². The highest BCUT2D eigenvalue weighted by atomic mass is 35.5. The lowest BCUT2D eigenvalue weighted by atomic mass is 10.2. The van der Waals surface area contributed by atoms with Gasteiger partial charge in [-0.25, -0.2) is 0 Å². The van der Waals surface area contributed by atoms with Gasteiger partial charge < -0.3 is 9.84 Å². The first-order chi connectivity index (χ1) is 11.1. The van der Waals surface area contributed by atoms with Gasteiger partial charge in [0.25, 0.3) is 5.91 Å². The van der Waals surface area contributed by atoms with Gasteiger partial charge in [-0.2, -0.15) is 4.98 Å². The fourth-order valence-electron chi connectivity index (χ4n) is 2.00. The molecule has 7 heteroatoms. The van der Waals surface area contributed by atoms with Crippen molar-refractivity contribution in [1.29, 1.82) is 0 Å². The molecule has 0 aliphatic carbocycles. The van der Waals surface area contributed by atoms with Gasteiger partial charge in [0.2, 0.25) is 11.7 Å². The largest absolute Gasteiger partial charge is 0.340 e. The van der Waals surface area contributed by atoms with E-state index in [1.165, 1.54) is 6.20 Å². The molecule has 0 fully saturated rings. The number of hydrogen-bond acceptors (Lipinski definition) is 5. The Morgan fingerprint density at radius 3 is 2.83 bits per heavy atom. The van der Waals surface area contributed by atoms with Crippen molar-refractivity contribution >= 4 is 17.5 Å². The van der Waals surface area contributed by atoms with Crippen molar-refractivity contribution in [3.8, 4) is 11.4 Å². The van der Waals surface area contributed by atoms with Crippen molar-refractivity contribution in [2.75, 3.05) is 0 Å². The Hall–Kier alpha value is -2.73. The first-order valence-electron chi connectivity index (χ1n) is 6.94. The number of carbonyl (C=O) groups excluding carboxylic acids is 1. The molecule has 6 nitrogen and oxygen atoms in total. The first kappa shape index (κ1) is 15.2. The third-order valence-corrected chi connectivity index (χ3v) is 3.53. The van der Waals surface area contributed by atoms with Crippen molar-refractivity contribution < 1.29 is 9.32 Å². The summed E-state index contributed by atoms with van der Waals surface area (Å²) in [5.74, 6) is 0.424. The van der Waals surface area contributed by atoms with Crippen LogP contribution in [0.5, 0.6) is 0 Å². The molecule has 2 heterocycles. The maximum Gasteiger partial charge on any atom is 0.253 e. The molecule has 23 heavy (non-hydrogen) atoms. The van der Waals surface area contributed by atoms with Crippen LogP contribution >= 0.6 is 11.6 Å². The van der Waals surface area contributed by atoms with Gasteiger partial charge in [0.15, 0.2) is 0 Å². The normalized spacial score (nSPS) is 11.9. The molecule has 0 radical (unpaired) electrons. The number of rotatable bonds is 4. The fourth-order valence-corrected chi connectivity index (χ4v) is 2.22. The predicted molar refractivity (Wildman–Crippen MR) is 84.9 cm³/mol. The van der Waals surface area contributed by atoms with Crippen molar-refractivity contribution in [3.63, 3.8) is 0 Å². The summed E-state index contributed by atoms with van der Waals surface area (Å²) >= 11 is 6.11. The number of hydrogen-bond donors (Lipinski definition) is 1. The van der Waals surface area contributed by atoms with E-state index in [0.717, 1.165) is 0 Å². The monoisotopic (exact) mass is 328 g/mol. The number of amides is 1. The lowest BCUT2D eigenvalue weighted by molar-refractivity contribution is 0.0932. The molecule has 1 unspecified atom stereocenters. The average molecular weight is 329 g/mol. The Bertz CT molecular complexity index is 820. The number of nitrogens with one attached hydrogen (secondary N) is 1. The van der Waals surface area contributed by atoms with Crippen LogP contribution in [0.1, 0.15) is 29.2 Å². The second kappa shape index (κ2) is 6.58. The predicted octanol–water partition coefficient (Wildman–Crippen LogP) is 3.28. The van der Waals surface area contributed by atoms with Crippen molar-refractivity contribution in [2.45, 2.75) is 13.0 Å². The van der Waals surface area contributed by atoms with E-state index in [-0.39, 0.29) is 5.91 Å². The van der Waals surface area contributed by atoms with Gasteiger partial charge in [0.05, 0.1) is 10.6 Å². The molecule has 116 valence electrons. The summed E-state index contributed by atoms with van der Waals surface area (Å²) in [4.78, 5) is 20.3. The molecule has 0 aliphatic rings. The molecule has 0 saturated heterocycles. The van der Waals surface area contributed by atoms with E-state index in [1.54, 1.807) is 37.4 Å². The summed E-state index contributed by atoms with van der Waals surface area (Å²) in [6.45, 7) is 1.76. The zero-order valence-corrected chi connectivity index (χ0v) is 13.0. The van der Waals surface area contributed by atoms with Gasteiger partial charge in [-0.05, 0) is 31.2 Å². The van der Waals surface area contributed by atoms with E-state index in [0.29, 0.717) is 27.9 Å². The number of pyridine rings is 1. The third kappa shape index (κ3) is 3.37. The molecule has 0 bridgehead atoms. The lowest BCUT2D eigenvalue weighted by Gasteiger charge is -2.09. The number of benzene rings is 1. The van der Waals surface area contributed by atoms with Crippen LogP contribution in [0.2, 0.25) is 5.02 Å². The second-order valence-electron chi connectivity index (χ2n) is 4.87. The average Bonchev–Trinajstić information content (AvgIpc) is 3.06. The van der Waals surface area contributed by atoms with Gasteiger partial charge in [0.1, 0.15) is 6.04 Å². The zero-order chi connectivity index (χ0) is 16.2. The molecule has 1 N–H and O–H groups in total. The van der Waals surface area contributed by atoms with E-state index >= 15 is 0 Å². The molecular weight excluding hydrogens is 316 g/mol. The zero-order valence-electron chi connectivity index (χ0n) is 12.2. The van der Waals surface area contributed by atoms with E-state index in [9.17, 15) is 4.79 Å². The molecule has 2 aromatic heterocycles. The van der Waals surface area contributed by atoms with Crippen LogP contribution in [0.15, 0.2) is 53.3 Å². The summed E-state index contributed by atoms with van der Waals surface area (Å²) in [7, 11) is 0. The van der Waals surface area contributed by atoms with Crippen LogP contribution in [-0.2, 0) is 0 Å². The summed E-state index contributed by atoms with van der Waals surface area (Å²) in [5.41, 5.74) is 1.14. The van der Waals surface area contributed by atoms with Crippen LogP contribution < -0.4 is 5.32 Å². The minimum absolute atomic E-state index is 0.261. The Morgan fingerprint density at radius 2 is 2.09 bits per heavy atom. The first-order valence-corrected chi connectivity index (χ1v) is 7.32. The molecule has 1 aromatic carbocycles. The minimum atomic E-state index is -0.438. The highest BCUT2D eigenvalue weighted by molar-refractivity contribution is 6.33. The molecule has 3 rings (SSSR count). The number of aromatic nitrogens is 3. The van der Waals surface area contributed by atoms with E-state index in [1.807, 2.05) is 12.1 Å². The highest BCUT2D eigenvalue weighted by Gasteiger charge is 2.19. The molecule has 0 spiro atoms. The van der Waals surface area contributed by atoms with E-state index in [4.69, 9.17) is 16.1 Å². The highest BCUT2D eigenvalue weighted by Crippen LogP contribution is 2.26. The van der Waals surface area contributed by atoms with Gasteiger partial charge >= 0.3 is 0 Å². The summed E-state index contributed by atoms with van der Waals surface area (Å²) in [6.07, 6.45) is 3.10. The van der Waals surface area contributed by atoms with Gasteiger partial charge in [-0.3, -0.25) is 9.78 Å². The smallest absolute Gasteiger partial charge is 0.253 e. The molecule has 0 aliphatic heterocycles. The summed E-state index contributed by atoms with van der Waals surface area (Å²) < 4.78 is 5.22. The summed E-state index contributed by atoms with van der Waals surface area (Å²) in [6, 6.07) is 10.1. The van der Waals surface area contributed by atoms with E-state index in [2.05, 4.69) is 20.4 Å². The van der Waals surface area contributed by atoms with Crippen molar-refractivity contribution in [2.24, 2.45) is 0 Å². The second-order valence-corrected chi connectivity index (χ2v) is 5.28. The van der Waals surface area contributed by atoms with Crippen molar-refractivity contribution in [1.82, 2.24) is 20.4 Å². The topological polar surface area (TPSA) is 80.9 Å². The molecule has 3 aromatic rings. The lowest BCUT2D eigenvalue weighted by Crippen LogP contribution is -2.26. The SMILES string of the molecule is CC(NC(=O)c1cccnc1)c1nc(-c2ccccc2Cl)no1. The fraction of sp³-hybridized carbons (Fsp3) is 0.125. The minimum Gasteiger partial charge on any atom is -0.340 e. The standard InChI is InChI=1S/C16H13ClN4O2/c1-10(19-15(22)11-5-4-8-18-9-11)16-20-14(21-23-16)12-6-2-3-7-13(12)17/h2-10H,1H3,(H,19,22). The molecule has 1 atom stereocenters. The Kier molecular flexibility index (Phi) is 4.34. The number of carbonyl (C=O) groups is 1. The quantitative estimate of drug-likeness (QED) is 0.795. The Balaban J connectivity index is 1.75. The molecule has 1 amide bonds. The van der Waals surface area contributed by atoms with Crippen LogP contribution in [0.4, 0.5) is 0 Å². The maximum atomic E-state index is 12.1. The third-order valence-electron chi connectivity index (χ3n) is 3.20. The van der Waals surface area contributed by atoms with Crippen molar-refractivity contribution in [3.05, 3.63) is 65.3 Å². The Labute approximate surface area is 137 Å². The summed E-state index contributed by atoms with van der Waals surface area (Å²) in [5, 5.41) is 7.23. The van der Waals surface area contributed by atoms with E-state index < -0.39 is 6.04 Å².